The molecule has 0 amide bonds. The zero-order valence-electron chi connectivity index (χ0n) is 19.1. The monoisotopic (exact) mass is 502 g/mol. The number of sulfonamides is 1. The quantitative estimate of drug-likeness (QED) is 0.462. The maximum absolute atomic E-state index is 12.9. The Morgan fingerprint density at radius 1 is 1.14 bits per heavy atom. The molecule has 3 aromatic rings. The van der Waals surface area contributed by atoms with Crippen LogP contribution in [0.2, 0.25) is 0 Å². The summed E-state index contributed by atoms with van der Waals surface area (Å²) in [6, 6.07) is 9.20. The van der Waals surface area contributed by atoms with Crippen LogP contribution in [0.5, 0.6) is 0 Å². The number of alkyl halides is 3. The van der Waals surface area contributed by atoms with Crippen LogP contribution in [0.3, 0.4) is 0 Å². The molecule has 0 spiro atoms. The minimum absolute atomic E-state index is 0.198. The smallest absolute Gasteiger partial charge is 0.335 e. The van der Waals surface area contributed by atoms with Gasteiger partial charge in [-0.1, -0.05) is 25.0 Å². The number of nitrogens with zero attached hydrogens (tertiary/aromatic N) is 3. The number of pyridine rings is 1. The van der Waals surface area contributed by atoms with Crippen molar-refractivity contribution in [2.45, 2.75) is 74.5 Å². The number of aromatic nitrogens is 2. The van der Waals surface area contributed by atoms with Crippen molar-refractivity contribution in [1.29, 1.82) is 5.26 Å². The number of benzene rings is 1. The SMILES string of the molecule is C[C@H](NS(=O)(=O)c1ccc(-c2c(C#N)c3ccc(C4CC4)cc3n2C2CCCC2)nc1)C(F)(F)F. The Kier molecular flexibility index (Phi) is 5.88. The van der Waals surface area contributed by atoms with E-state index in [4.69, 9.17) is 0 Å². The Hall–Kier alpha value is -2.90. The maximum atomic E-state index is 12.9. The first-order chi connectivity index (χ1) is 16.6. The molecule has 35 heavy (non-hydrogen) atoms. The minimum Gasteiger partial charge on any atom is -0.335 e. The number of fused-ring (bicyclic) bond motifs is 1. The number of nitriles is 1. The molecule has 1 atom stereocenters. The van der Waals surface area contributed by atoms with Crippen molar-refractivity contribution in [2.75, 3.05) is 0 Å². The summed E-state index contributed by atoms with van der Waals surface area (Å²) in [6.45, 7) is 0.745. The Morgan fingerprint density at radius 3 is 2.43 bits per heavy atom. The lowest BCUT2D eigenvalue weighted by atomic mass is 10.1. The van der Waals surface area contributed by atoms with Gasteiger partial charge in [0.15, 0.2) is 0 Å². The summed E-state index contributed by atoms with van der Waals surface area (Å²) >= 11 is 0. The second-order valence-corrected chi connectivity index (χ2v) is 11.2. The van der Waals surface area contributed by atoms with E-state index in [2.05, 4.69) is 27.8 Å². The van der Waals surface area contributed by atoms with E-state index in [0.29, 0.717) is 22.9 Å². The fraction of sp³-hybridized carbons (Fsp3) is 0.440. The van der Waals surface area contributed by atoms with Gasteiger partial charge in [-0.25, -0.2) is 8.42 Å². The van der Waals surface area contributed by atoms with Gasteiger partial charge in [0, 0.05) is 17.6 Å². The molecule has 2 aromatic heterocycles. The van der Waals surface area contributed by atoms with E-state index in [1.54, 1.807) is 4.72 Å². The number of hydrogen-bond donors (Lipinski definition) is 1. The van der Waals surface area contributed by atoms with Gasteiger partial charge < -0.3 is 4.57 Å². The summed E-state index contributed by atoms with van der Waals surface area (Å²) in [5, 5.41) is 10.9. The topological polar surface area (TPSA) is 87.8 Å². The summed E-state index contributed by atoms with van der Waals surface area (Å²) < 4.78 is 67.4. The second kappa shape index (κ2) is 8.64. The third kappa shape index (κ3) is 4.43. The molecule has 184 valence electrons. The lowest BCUT2D eigenvalue weighted by Crippen LogP contribution is -2.42. The fourth-order valence-corrected chi connectivity index (χ4v) is 6.13. The standard InChI is InChI=1S/C25H25F3N4O2S/c1-15(25(26,27)28)31-35(33,34)19-9-11-22(30-14-19)24-21(13-29)20-10-8-17(16-6-7-16)12-23(20)32(24)18-4-2-3-5-18/h8-12,14-16,18,31H,2-7H2,1H3/t15-/m0/s1. The average molecular weight is 503 g/mol. The Morgan fingerprint density at radius 2 is 1.86 bits per heavy atom. The molecule has 2 heterocycles. The molecule has 10 heteroatoms. The van der Waals surface area contributed by atoms with Crippen LogP contribution in [-0.2, 0) is 10.0 Å². The van der Waals surface area contributed by atoms with Gasteiger partial charge in [0.1, 0.15) is 17.0 Å². The molecule has 0 saturated heterocycles. The van der Waals surface area contributed by atoms with Crippen molar-refractivity contribution in [3.63, 3.8) is 0 Å². The normalized spacial score (nSPS) is 18.1. The fourth-order valence-electron chi connectivity index (χ4n) is 4.95. The second-order valence-electron chi connectivity index (χ2n) is 9.46. The molecule has 2 fully saturated rings. The van der Waals surface area contributed by atoms with E-state index >= 15 is 0 Å². The van der Waals surface area contributed by atoms with E-state index in [9.17, 15) is 26.9 Å². The van der Waals surface area contributed by atoms with Gasteiger partial charge in [0.05, 0.1) is 22.5 Å². The predicted octanol–water partition coefficient (Wildman–Crippen LogP) is 5.80. The Balaban J connectivity index is 1.60. The predicted molar refractivity (Wildman–Crippen MR) is 125 cm³/mol. The first-order valence-electron chi connectivity index (χ1n) is 11.7. The van der Waals surface area contributed by atoms with Gasteiger partial charge in [-0.2, -0.15) is 23.2 Å². The van der Waals surface area contributed by atoms with Crippen molar-refractivity contribution in [2.24, 2.45) is 0 Å². The highest BCUT2D eigenvalue weighted by molar-refractivity contribution is 7.89. The van der Waals surface area contributed by atoms with Gasteiger partial charge in [-0.05, 0) is 62.3 Å². The Labute approximate surface area is 201 Å². The van der Waals surface area contributed by atoms with Crippen LogP contribution in [0.4, 0.5) is 13.2 Å². The van der Waals surface area contributed by atoms with Gasteiger partial charge in [0.2, 0.25) is 10.0 Å². The van der Waals surface area contributed by atoms with E-state index in [-0.39, 0.29) is 10.9 Å². The highest BCUT2D eigenvalue weighted by atomic mass is 32.2. The zero-order valence-corrected chi connectivity index (χ0v) is 20.0. The molecular formula is C25H25F3N4O2S. The molecule has 2 aliphatic rings. The van der Waals surface area contributed by atoms with Crippen LogP contribution in [-0.4, -0.2) is 30.2 Å². The van der Waals surface area contributed by atoms with Crippen molar-refractivity contribution in [1.82, 2.24) is 14.3 Å². The van der Waals surface area contributed by atoms with E-state index in [0.717, 1.165) is 62.5 Å². The summed E-state index contributed by atoms with van der Waals surface area (Å²) in [4.78, 5) is 3.95. The lowest BCUT2D eigenvalue weighted by molar-refractivity contribution is -0.147. The van der Waals surface area contributed by atoms with E-state index in [1.807, 2.05) is 6.07 Å². The molecule has 2 aliphatic carbocycles. The summed E-state index contributed by atoms with van der Waals surface area (Å²) in [5.41, 5.74) is 3.75. The summed E-state index contributed by atoms with van der Waals surface area (Å²) in [7, 11) is -4.42. The first kappa shape index (κ1) is 23.8. The third-order valence-electron chi connectivity index (χ3n) is 6.99. The molecule has 2 saturated carbocycles. The molecule has 6 nitrogen and oxygen atoms in total. The largest absolute Gasteiger partial charge is 0.404 e. The number of nitrogens with one attached hydrogen (secondary N) is 1. The maximum Gasteiger partial charge on any atom is 0.404 e. The van der Waals surface area contributed by atoms with Gasteiger partial charge in [-0.15, -0.1) is 0 Å². The van der Waals surface area contributed by atoms with Crippen LogP contribution in [0.15, 0.2) is 41.4 Å². The molecule has 5 rings (SSSR count). The first-order valence-corrected chi connectivity index (χ1v) is 13.2. The molecule has 1 N–H and O–H groups in total. The minimum atomic E-state index is -4.70. The van der Waals surface area contributed by atoms with Crippen molar-refractivity contribution < 1.29 is 21.6 Å². The Bertz CT molecular complexity index is 1410. The zero-order chi connectivity index (χ0) is 25.0. The third-order valence-corrected chi connectivity index (χ3v) is 8.52. The van der Waals surface area contributed by atoms with Crippen LogP contribution in [0.1, 0.15) is 68.5 Å². The van der Waals surface area contributed by atoms with E-state index in [1.165, 1.54) is 17.7 Å². The molecule has 1 aromatic carbocycles. The van der Waals surface area contributed by atoms with Crippen molar-refractivity contribution >= 4 is 20.9 Å². The number of halogens is 3. The van der Waals surface area contributed by atoms with Crippen LogP contribution < -0.4 is 4.72 Å². The average Bonchev–Trinajstić information content (AvgIpc) is 3.42. The van der Waals surface area contributed by atoms with Gasteiger partial charge in [-0.3, -0.25) is 4.98 Å². The van der Waals surface area contributed by atoms with Crippen LogP contribution in [0, 0.1) is 11.3 Å². The van der Waals surface area contributed by atoms with Crippen molar-refractivity contribution in [3.05, 3.63) is 47.7 Å². The number of rotatable bonds is 6. The molecule has 0 bridgehead atoms. The van der Waals surface area contributed by atoms with Crippen LogP contribution >= 0.6 is 0 Å². The lowest BCUT2D eigenvalue weighted by Gasteiger charge is -2.19. The van der Waals surface area contributed by atoms with Crippen molar-refractivity contribution in [3.8, 4) is 17.5 Å². The molecular weight excluding hydrogens is 477 g/mol. The van der Waals surface area contributed by atoms with E-state index < -0.39 is 22.2 Å². The van der Waals surface area contributed by atoms with Crippen LogP contribution in [0.25, 0.3) is 22.3 Å². The molecule has 0 unspecified atom stereocenters. The van der Waals surface area contributed by atoms with Gasteiger partial charge in [0.25, 0.3) is 0 Å². The molecule has 0 aliphatic heterocycles. The highest BCUT2D eigenvalue weighted by Crippen LogP contribution is 2.45. The summed E-state index contributed by atoms with van der Waals surface area (Å²) in [6.07, 6.45) is 2.78. The van der Waals surface area contributed by atoms with Gasteiger partial charge >= 0.3 is 6.18 Å². The summed E-state index contributed by atoms with van der Waals surface area (Å²) in [5.74, 6) is 0.550. The molecule has 0 radical (unpaired) electrons. The highest BCUT2D eigenvalue weighted by Gasteiger charge is 2.39. The number of hydrogen-bond acceptors (Lipinski definition) is 4.